The summed E-state index contributed by atoms with van der Waals surface area (Å²) in [6, 6.07) is 10.8. The highest BCUT2D eigenvalue weighted by molar-refractivity contribution is 6.33. The average molecular weight is 378 g/mol. The number of rotatable bonds is 2. The zero-order valence-electron chi connectivity index (χ0n) is 14.1. The van der Waals surface area contributed by atoms with Crippen LogP contribution in [0.1, 0.15) is 5.82 Å². The number of halogens is 1. The number of aryl methyl sites for hydroxylation is 1. The molecular formula is C18H12ClN7O. The largest absolute Gasteiger partial charge is 0.268 e. The molecule has 0 radical (unpaired) electrons. The van der Waals surface area contributed by atoms with Crippen molar-refractivity contribution in [2.45, 2.75) is 6.92 Å². The van der Waals surface area contributed by atoms with Gasteiger partial charge in [-0.3, -0.25) is 14.5 Å². The summed E-state index contributed by atoms with van der Waals surface area (Å²) in [5.74, 6) is 1.52. The van der Waals surface area contributed by atoms with Gasteiger partial charge in [0.15, 0.2) is 0 Å². The van der Waals surface area contributed by atoms with Crippen LogP contribution in [0.5, 0.6) is 0 Å². The smallest absolute Gasteiger partial charge is 0.267 e. The number of pyridine rings is 1. The second-order valence-corrected chi connectivity index (χ2v) is 6.41. The molecule has 9 heteroatoms. The first-order valence-corrected chi connectivity index (χ1v) is 8.54. The highest BCUT2D eigenvalue weighted by Gasteiger charge is 2.20. The maximum Gasteiger partial charge on any atom is 0.267 e. The molecule has 0 fully saturated rings. The van der Waals surface area contributed by atoms with Crippen LogP contribution in [-0.2, 0) is 0 Å². The zero-order valence-corrected chi connectivity index (χ0v) is 14.8. The minimum atomic E-state index is -0.255. The lowest BCUT2D eigenvalue weighted by Crippen LogP contribution is -2.20. The lowest BCUT2D eigenvalue weighted by atomic mass is 10.1. The summed E-state index contributed by atoms with van der Waals surface area (Å²) in [4.78, 5) is 22.2. The van der Waals surface area contributed by atoms with Crippen molar-refractivity contribution in [1.29, 1.82) is 0 Å². The Morgan fingerprint density at radius 2 is 1.96 bits per heavy atom. The number of aromatic nitrogens is 7. The van der Waals surface area contributed by atoms with Crippen LogP contribution in [0, 0.1) is 6.92 Å². The van der Waals surface area contributed by atoms with Crippen molar-refractivity contribution in [1.82, 2.24) is 34.3 Å². The summed E-state index contributed by atoms with van der Waals surface area (Å²) in [6.45, 7) is 1.78. The van der Waals surface area contributed by atoms with E-state index in [0.717, 1.165) is 0 Å². The molecule has 0 amide bonds. The van der Waals surface area contributed by atoms with Crippen molar-refractivity contribution in [3.05, 3.63) is 70.0 Å². The fourth-order valence-electron chi connectivity index (χ4n) is 3.16. The van der Waals surface area contributed by atoms with E-state index in [4.69, 9.17) is 11.6 Å². The van der Waals surface area contributed by atoms with E-state index in [-0.39, 0.29) is 5.56 Å². The van der Waals surface area contributed by atoms with E-state index in [1.807, 2.05) is 18.2 Å². The Hall–Kier alpha value is -3.52. The van der Waals surface area contributed by atoms with Crippen molar-refractivity contribution in [2.75, 3.05) is 0 Å². The molecule has 0 saturated carbocycles. The van der Waals surface area contributed by atoms with Crippen LogP contribution in [0.2, 0.25) is 5.02 Å². The number of H-pyrrole nitrogens is 1. The number of hydrogen-bond acceptors (Lipinski definition) is 5. The Labute approximate surface area is 157 Å². The van der Waals surface area contributed by atoms with Gasteiger partial charge in [-0.25, -0.2) is 4.98 Å². The second-order valence-electron chi connectivity index (χ2n) is 6.00. The number of benzene rings is 1. The molecule has 0 unspecified atom stereocenters. The van der Waals surface area contributed by atoms with Crippen molar-refractivity contribution >= 4 is 28.3 Å². The molecular weight excluding hydrogens is 366 g/mol. The van der Waals surface area contributed by atoms with Gasteiger partial charge in [0, 0.05) is 22.8 Å². The molecule has 1 aromatic carbocycles. The fourth-order valence-corrected chi connectivity index (χ4v) is 3.38. The number of nitrogens with zero attached hydrogens (tertiary/aromatic N) is 6. The number of hydrogen-bond donors (Lipinski definition) is 1. The summed E-state index contributed by atoms with van der Waals surface area (Å²) in [7, 11) is 0. The molecule has 0 spiro atoms. The number of aromatic amines is 1. The van der Waals surface area contributed by atoms with Crippen LogP contribution in [0.3, 0.4) is 0 Å². The molecule has 0 bridgehead atoms. The minimum absolute atomic E-state index is 0.255. The molecule has 0 atom stereocenters. The molecule has 0 aliphatic carbocycles. The van der Waals surface area contributed by atoms with Gasteiger partial charge < -0.3 is 0 Å². The lowest BCUT2D eigenvalue weighted by Gasteiger charge is -2.11. The van der Waals surface area contributed by atoms with Gasteiger partial charge in [-0.1, -0.05) is 29.8 Å². The first-order chi connectivity index (χ1) is 13.1. The average Bonchev–Trinajstić information content (AvgIpc) is 3.30. The Morgan fingerprint density at radius 1 is 1.11 bits per heavy atom. The summed E-state index contributed by atoms with van der Waals surface area (Å²) < 4.78 is 3.05. The summed E-state index contributed by atoms with van der Waals surface area (Å²) in [5.41, 5.74) is 1.50. The minimum Gasteiger partial charge on any atom is -0.268 e. The van der Waals surface area contributed by atoms with Gasteiger partial charge in [0.2, 0.25) is 0 Å². The Bertz CT molecular complexity index is 1370. The standard InChI is InChI=1S/C18H12ClN7O/c1-10-21-18-22-13-7-9-25(14-6-8-20-23-14)17(27)15(13)16(26(18)24-10)11-4-2-3-5-12(11)19/h2-9H,1H3,(H,20,23). The molecule has 27 heavy (non-hydrogen) atoms. The van der Waals surface area contributed by atoms with Crippen LogP contribution >= 0.6 is 11.6 Å². The topological polar surface area (TPSA) is 93.8 Å². The van der Waals surface area contributed by atoms with E-state index in [1.165, 1.54) is 4.57 Å². The van der Waals surface area contributed by atoms with Crippen LogP contribution < -0.4 is 5.56 Å². The third-order valence-electron chi connectivity index (χ3n) is 4.31. The van der Waals surface area contributed by atoms with Gasteiger partial charge >= 0.3 is 0 Å². The predicted molar refractivity (Wildman–Crippen MR) is 101 cm³/mol. The van der Waals surface area contributed by atoms with E-state index >= 15 is 0 Å². The van der Waals surface area contributed by atoms with Crippen LogP contribution in [0.15, 0.2) is 53.6 Å². The third-order valence-corrected chi connectivity index (χ3v) is 4.64. The summed E-state index contributed by atoms with van der Waals surface area (Å²) in [6.07, 6.45) is 3.24. The normalized spacial score (nSPS) is 11.5. The quantitative estimate of drug-likeness (QED) is 0.510. The predicted octanol–water partition coefficient (Wildman–Crippen LogP) is 2.78. The molecule has 8 nitrogen and oxygen atoms in total. The van der Waals surface area contributed by atoms with Crippen LogP contribution in [0.4, 0.5) is 0 Å². The molecule has 4 aromatic heterocycles. The van der Waals surface area contributed by atoms with Crippen LogP contribution in [-0.4, -0.2) is 34.3 Å². The van der Waals surface area contributed by atoms with Crippen molar-refractivity contribution in [3.8, 4) is 17.1 Å². The zero-order chi connectivity index (χ0) is 18.5. The summed E-state index contributed by atoms with van der Waals surface area (Å²) in [5, 5.41) is 12.1. The molecule has 4 heterocycles. The molecule has 5 aromatic rings. The molecule has 0 saturated heterocycles. The van der Waals surface area contributed by atoms with Gasteiger partial charge in [0.25, 0.3) is 11.3 Å². The van der Waals surface area contributed by atoms with Gasteiger partial charge in [-0.15, -0.1) is 5.10 Å². The lowest BCUT2D eigenvalue weighted by molar-refractivity contribution is 0.911. The van der Waals surface area contributed by atoms with Gasteiger partial charge in [-0.05, 0) is 19.1 Å². The fraction of sp³-hybridized carbons (Fsp3) is 0.0556. The maximum atomic E-state index is 13.4. The second kappa shape index (κ2) is 5.75. The number of nitrogens with one attached hydrogen (secondary N) is 1. The first-order valence-electron chi connectivity index (χ1n) is 8.17. The monoisotopic (exact) mass is 377 g/mol. The van der Waals surface area contributed by atoms with E-state index in [0.29, 0.717) is 44.6 Å². The van der Waals surface area contributed by atoms with Gasteiger partial charge in [0.05, 0.1) is 22.8 Å². The first kappa shape index (κ1) is 15.7. The van der Waals surface area contributed by atoms with Crippen molar-refractivity contribution in [2.24, 2.45) is 0 Å². The third kappa shape index (κ3) is 2.34. The van der Waals surface area contributed by atoms with Crippen molar-refractivity contribution in [3.63, 3.8) is 0 Å². The van der Waals surface area contributed by atoms with E-state index in [9.17, 15) is 4.79 Å². The Morgan fingerprint density at radius 3 is 2.74 bits per heavy atom. The molecule has 0 aliphatic rings. The van der Waals surface area contributed by atoms with E-state index in [2.05, 4.69) is 25.3 Å². The number of fused-ring (bicyclic) bond motifs is 2. The highest BCUT2D eigenvalue weighted by Crippen LogP contribution is 2.31. The van der Waals surface area contributed by atoms with E-state index < -0.39 is 0 Å². The molecule has 132 valence electrons. The molecule has 0 aliphatic heterocycles. The van der Waals surface area contributed by atoms with Crippen molar-refractivity contribution < 1.29 is 0 Å². The maximum absolute atomic E-state index is 13.4. The van der Waals surface area contributed by atoms with Crippen LogP contribution in [0.25, 0.3) is 33.8 Å². The highest BCUT2D eigenvalue weighted by atomic mass is 35.5. The van der Waals surface area contributed by atoms with Gasteiger partial charge in [-0.2, -0.15) is 14.6 Å². The molecule has 1 N–H and O–H groups in total. The van der Waals surface area contributed by atoms with E-state index in [1.54, 1.807) is 42.0 Å². The van der Waals surface area contributed by atoms with Gasteiger partial charge in [0.1, 0.15) is 11.6 Å². The summed E-state index contributed by atoms with van der Waals surface area (Å²) >= 11 is 6.45. The molecule has 5 rings (SSSR count). The SMILES string of the molecule is Cc1nc2nc3ccn(-c4ccn[nH]4)c(=O)c3c(-c3ccccc3Cl)n2n1. The Kier molecular flexibility index (Phi) is 3.34. The Balaban J connectivity index is 2.00.